The van der Waals surface area contributed by atoms with E-state index < -0.39 is 23.8 Å². The van der Waals surface area contributed by atoms with Gasteiger partial charge in [0.25, 0.3) is 11.5 Å². The number of nitrogens with one attached hydrogen (secondary N) is 2. The van der Waals surface area contributed by atoms with Crippen molar-refractivity contribution in [3.05, 3.63) is 27.1 Å². The largest absolute Gasteiger partial charge is 0.481 e. The fourth-order valence-corrected chi connectivity index (χ4v) is 2.96. The SMILES string of the molecule is Cc1c(C(=O)NC(C)C(C)C(=O)O)sc2nc[nH]c(=O)c12. The van der Waals surface area contributed by atoms with Crippen LogP contribution in [0.5, 0.6) is 0 Å². The molecule has 0 aliphatic heterocycles. The minimum absolute atomic E-state index is 0.292. The molecule has 112 valence electrons. The van der Waals surface area contributed by atoms with E-state index in [-0.39, 0.29) is 5.56 Å². The Kier molecular flexibility index (Phi) is 4.08. The average molecular weight is 309 g/mol. The summed E-state index contributed by atoms with van der Waals surface area (Å²) >= 11 is 1.12. The number of hydrogen-bond acceptors (Lipinski definition) is 5. The Labute approximate surface area is 124 Å². The quantitative estimate of drug-likeness (QED) is 0.784. The second-order valence-corrected chi connectivity index (χ2v) is 5.86. The topological polar surface area (TPSA) is 112 Å². The first-order valence-corrected chi connectivity index (χ1v) is 7.15. The third-order valence-electron chi connectivity index (χ3n) is 3.44. The molecule has 0 aromatic carbocycles. The van der Waals surface area contributed by atoms with Gasteiger partial charge < -0.3 is 15.4 Å². The van der Waals surface area contributed by atoms with Crippen LogP contribution in [0, 0.1) is 12.8 Å². The summed E-state index contributed by atoms with van der Waals surface area (Å²) in [6, 6.07) is -0.522. The zero-order chi connectivity index (χ0) is 15.7. The molecule has 0 bridgehead atoms. The lowest BCUT2D eigenvalue weighted by atomic mass is 10.0. The highest BCUT2D eigenvalue weighted by Crippen LogP contribution is 2.26. The molecule has 0 radical (unpaired) electrons. The molecule has 1 amide bonds. The first kappa shape index (κ1) is 15.2. The van der Waals surface area contributed by atoms with E-state index >= 15 is 0 Å². The van der Waals surface area contributed by atoms with E-state index in [4.69, 9.17) is 5.11 Å². The highest BCUT2D eigenvalue weighted by atomic mass is 32.1. The molecule has 21 heavy (non-hydrogen) atoms. The molecule has 0 saturated carbocycles. The Morgan fingerprint density at radius 3 is 2.67 bits per heavy atom. The van der Waals surface area contributed by atoms with Crippen molar-refractivity contribution in [2.45, 2.75) is 26.8 Å². The van der Waals surface area contributed by atoms with Gasteiger partial charge in [0.1, 0.15) is 4.83 Å². The summed E-state index contributed by atoms with van der Waals surface area (Å²) in [6.45, 7) is 4.83. The summed E-state index contributed by atoms with van der Waals surface area (Å²) in [6.07, 6.45) is 1.29. The van der Waals surface area contributed by atoms with Crippen LogP contribution in [0.4, 0.5) is 0 Å². The Morgan fingerprint density at radius 1 is 1.43 bits per heavy atom. The molecule has 2 aromatic heterocycles. The summed E-state index contributed by atoms with van der Waals surface area (Å²) in [4.78, 5) is 42.3. The normalized spacial score (nSPS) is 13.9. The number of hydrogen-bond donors (Lipinski definition) is 3. The van der Waals surface area contributed by atoms with Crippen molar-refractivity contribution in [1.29, 1.82) is 0 Å². The molecule has 2 rings (SSSR count). The molecule has 0 aliphatic rings. The lowest BCUT2D eigenvalue weighted by Gasteiger charge is -2.17. The number of thiophene rings is 1. The van der Waals surface area contributed by atoms with Crippen LogP contribution in [0.15, 0.2) is 11.1 Å². The van der Waals surface area contributed by atoms with E-state index in [2.05, 4.69) is 15.3 Å². The molecule has 2 atom stereocenters. The summed E-state index contributed by atoms with van der Waals surface area (Å²) in [5, 5.41) is 12.0. The van der Waals surface area contributed by atoms with Gasteiger partial charge in [0, 0.05) is 6.04 Å². The lowest BCUT2D eigenvalue weighted by Crippen LogP contribution is -2.39. The molecular weight excluding hydrogens is 294 g/mol. The zero-order valence-corrected chi connectivity index (χ0v) is 12.6. The smallest absolute Gasteiger partial charge is 0.308 e. The molecule has 0 aliphatic carbocycles. The van der Waals surface area contributed by atoms with Gasteiger partial charge in [-0.1, -0.05) is 0 Å². The first-order chi connectivity index (χ1) is 9.82. The fraction of sp³-hybridized carbons (Fsp3) is 0.385. The highest BCUT2D eigenvalue weighted by Gasteiger charge is 2.24. The second kappa shape index (κ2) is 5.65. The number of H-pyrrole nitrogens is 1. The van der Waals surface area contributed by atoms with Crippen LogP contribution < -0.4 is 10.9 Å². The lowest BCUT2D eigenvalue weighted by molar-refractivity contribution is -0.141. The van der Waals surface area contributed by atoms with E-state index in [0.717, 1.165) is 11.3 Å². The van der Waals surface area contributed by atoms with Crippen molar-refractivity contribution in [2.24, 2.45) is 5.92 Å². The first-order valence-electron chi connectivity index (χ1n) is 6.33. The number of aromatic nitrogens is 2. The molecule has 0 saturated heterocycles. The van der Waals surface area contributed by atoms with Gasteiger partial charge in [-0.15, -0.1) is 11.3 Å². The van der Waals surface area contributed by atoms with Gasteiger partial charge in [-0.2, -0.15) is 0 Å². The fourth-order valence-electron chi connectivity index (χ4n) is 1.91. The summed E-state index contributed by atoms with van der Waals surface area (Å²) in [7, 11) is 0. The number of carboxylic acids is 1. The van der Waals surface area contributed by atoms with Gasteiger partial charge in [0.15, 0.2) is 0 Å². The number of aliphatic carboxylic acids is 1. The third kappa shape index (κ3) is 2.80. The number of carbonyl (C=O) groups is 2. The van der Waals surface area contributed by atoms with E-state index in [1.54, 1.807) is 13.8 Å². The number of amides is 1. The maximum Gasteiger partial charge on any atom is 0.308 e. The van der Waals surface area contributed by atoms with Crippen LogP contribution in [0.3, 0.4) is 0 Å². The van der Waals surface area contributed by atoms with Crippen LogP contribution >= 0.6 is 11.3 Å². The minimum atomic E-state index is -0.978. The number of nitrogens with zero attached hydrogens (tertiary/aromatic N) is 1. The number of carboxylic acid groups (broad SMARTS) is 1. The molecule has 0 fully saturated rings. The number of fused-ring (bicyclic) bond motifs is 1. The van der Waals surface area contributed by atoms with E-state index in [1.807, 2.05) is 0 Å². The molecule has 0 spiro atoms. The minimum Gasteiger partial charge on any atom is -0.481 e. The Morgan fingerprint density at radius 2 is 2.10 bits per heavy atom. The van der Waals surface area contributed by atoms with Crippen molar-refractivity contribution in [3.8, 4) is 0 Å². The Hall–Kier alpha value is -2.22. The molecule has 8 heteroatoms. The maximum atomic E-state index is 12.3. The predicted molar refractivity (Wildman–Crippen MR) is 78.7 cm³/mol. The van der Waals surface area contributed by atoms with E-state index in [0.29, 0.717) is 20.7 Å². The van der Waals surface area contributed by atoms with E-state index in [9.17, 15) is 14.4 Å². The van der Waals surface area contributed by atoms with Crippen molar-refractivity contribution < 1.29 is 14.7 Å². The van der Waals surface area contributed by atoms with Crippen LogP contribution in [0.2, 0.25) is 0 Å². The van der Waals surface area contributed by atoms with Crippen molar-refractivity contribution in [2.75, 3.05) is 0 Å². The number of carbonyl (C=O) groups excluding carboxylic acids is 1. The van der Waals surface area contributed by atoms with Crippen molar-refractivity contribution in [3.63, 3.8) is 0 Å². The monoisotopic (exact) mass is 309 g/mol. The highest BCUT2D eigenvalue weighted by molar-refractivity contribution is 7.20. The summed E-state index contributed by atoms with van der Waals surface area (Å²) < 4.78 is 0. The standard InChI is InChI=1S/C13H15N3O4S/c1-5(13(19)20)7(3)16-11(18)9-6(2)8-10(17)14-4-15-12(8)21-9/h4-5,7H,1-3H3,(H,16,18)(H,19,20)(H,14,15,17). The number of rotatable bonds is 4. The zero-order valence-electron chi connectivity index (χ0n) is 11.8. The van der Waals surface area contributed by atoms with Crippen LogP contribution in [0.1, 0.15) is 29.1 Å². The second-order valence-electron chi connectivity index (χ2n) is 4.86. The molecule has 2 heterocycles. The number of aromatic amines is 1. The van der Waals surface area contributed by atoms with Gasteiger partial charge in [-0.3, -0.25) is 14.4 Å². The molecule has 3 N–H and O–H groups in total. The van der Waals surface area contributed by atoms with Crippen molar-refractivity contribution >= 4 is 33.4 Å². The summed E-state index contributed by atoms with van der Waals surface area (Å²) in [5.41, 5.74) is 0.261. The van der Waals surface area contributed by atoms with Crippen LogP contribution in [-0.2, 0) is 4.79 Å². The predicted octanol–water partition coefficient (Wildman–Crippen LogP) is 1.13. The van der Waals surface area contributed by atoms with E-state index in [1.165, 1.54) is 13.3 Å². The van der Waals surface area contributed by atoms with Crippen LogP contribution in [-0.4, -0.2) is 33.0 Å². The van der Waals surface area contributed by atoms with Gasteiger partial charge in [0.05, 0.1) is 22.5 Å². The molecule has 2 unspecified atom stereocenters. The van der Waals surface area contributed by atoms with Crippen molar-refractivity contribution in [1.82, 2.24) is 15.3 Å². The maximum absolute atomic E-state index is 12.3. The average Bonchev–Trinajstić information content (AvgIpc) is 2.76. The van der Waals surface area contributed by atoms with Gasteiger partial charge in [0.2, 0.25) is 0 Å². The molecule has 2 aromatic rings. The molecule has 7 nitrogen and oxygen atoms in total. The summed E-state index contributed by atoms with van der Waals surface area (Å²) in [5.74, 6) is -2.07. The molecular formula is C13H15N3O4S. The Bertz CT molecular complexity index is 764. The van der Waals surface area contributed by atoms with Gasteiger partial charge >= 0.3 is 5.97 Å². The van der Waals surface area contributed by atoms with Gasteiger partial charge in [-0.05, 0) is 26.3 Å². The third-order valence-corrected chi connectivity index (χ3v) is 4.64. The Balaban J connectivity index is 2.32. The van der Waals surface area contributed by atoms with Crippen LogP contribution in [0.25, 0.3) is 10.2 Å². The van der Waals surface area contributed by atoms with Gasteiger partial charge in [-0.25, -0.2) is 4.98 Å². The number of aryl methyl sites for hydroxylation is 1.